The van der Waals surface area contributed by atoms with Crippen molar-refractivity contribution in [3.63, 3.8) is 0 Å². The predicted molar refractivity (Wildman–Crippen MR) is 71.9 cm³/mol. The first kappa shape index (κ1) is 12.5. The fourth-order valence-corrected chi connectivity index (χ4v) is 3.47. The molecule has 3 heteroatoms. The van der Waals surface area contributed by atoms with Gasteiger partial charge in [0.2, 0.25) is 5.91 Å². The molecule has 102 valence electrons. The van der Waals surface area contributed by atoms with Crippen molar-refractivity contribution in [3.8, 4) is 0 Å². The van der Waals surface area contributed by atoms with E-state index >= 15 is 0 Å². The summed E-state index contributed by atoms with van der Waals surface area (Å²) in [5.74, 6) is 2.89. The fourth-order valence-electron chi connectivity index (χ4n) is 3.47. The molecule has 0 aromatic heterocycles. The molecular formula is C15H26N2O. The summed E-state index contributed by atoms with van der Waals surface area (Å²) in [7, 11) is 0. The molecule has 3 saturated carbocycles. The molecule has 3 rings (SSSR count). The molecule has 0 unspecified atom stereocenters. The number of amides is 1. The molecule has 0 heterocycles. The normalized spacial score (nSPS) is 32.6. The first-order valence-electron chi connectivity index (χ1n) is 7.78. The zero-order valence-electron chi connectivity index (χ0n) is 11.2. The zero-order chi connectivity index (χ0) is 12.5. The first-order chi connectivity index (χ1) is 8.78. The van der Waals surface area contributed by atoms with Gasteiger partial charge in [-0.25, -0.2) is 0 Å². The monoisotopic (exact) mass is 250 g/mol. The number of rotatable bonds is 5. The average molecular weight is 250 g/mol. The van der Waals surface area contributed by atoms with Gasteiger partial charge in [-0.15, -0.1) is 0 Å². The molecule has 3 aliphatic rings. The van der Waals surface area contributed by atoms with Gasteiger partial charge in [-0.3, -0.25) is 4.79 Å². The Morgan fingerprint density at radius 3 is 2.00 bits per heavy atom. The maximum Gasteiger partial charge on any atom is 0.223 e. The van der Waals surface area contributed by atoms with E-state index in [0.717, 1.165) is 44.1 Å². The SMILES string of the molecule is NCC1CCC(C(=O)NC(C2CC2)C2CC2)CC1. The van der Waals surface area contributed by atoms with E-state index in [-0.39, 0.29) is 5.92 Å². The standard InChI is InChI=1S/C15H26N2O/c16-9-10-1-3-13(4-2-10)15(18)17-14(11-5-6-11)12-7-8-12/h10-14H,1-9,16H2,(H,17,18). The molecule has 1 amide bonds. The molecular weight excluding hydrogens is 224 g/mol. The molecule has 3 nitrogen and oxygen atoms in total. The summed E-state index contributed by atoms with van der Waals surface area (Å²) in [6, 6.07) is 0.518. The maximum atomic E-state index is 12.3. The van der Waals surface area contributed by atoms with Crippen molar-refractivity contribution in [2.24, 2.45) is 29.4 Å². The predicted octanol–water partition coefficient (Wildman–Crippen LogP) is 2.06. The van der Waals surface area contributed by atoms with E-state index in [1.165, 1.54) is 25.7 Å². The van der Waals surface area contributed by atoms with Gasteiger partial charge >= 0.3 is 0 Å². The number of carbonyl (C=O) groups excluding carboxylic acids is 1. The first-order valence-corrected chi connectivity index (χ1v) is 7.78. The Kier molecular flexibility index (Phi) is 3.60. The second kappa shape index (κ2) is 5.20. The van der Waals surface area contributed by atoms with Crippen molar-refractivity contribution in [3.05, 3.63) is 0 Å². The van der Waals surface area contributed by atoms with Crippen molar-refractivity contribution >= 4 is 5.91 Å². The van der Waals surface area contributed by atoms with E-state index in [0.29, 0.717) is 17.9 Å². The fraction of sp³-hybridized carbons (Fsp3) is 0.933. The Balaban J connectivity index is 1.48. The van der Waals surface area contributed by atoms with Crippen LogP contribution in [-0.2, 0) is 4.79 Å². The minimum absolute atomic E-state index is 0.271. The molecule has 0 saturated heterocycles. The quantitative estimate of drug-likeness (QED) is 0.784. The number of hydrogen-bond acceptors (Lipinski definition) is 2. The second-order valence-electron chi connectivity index (χ2n) is 6.66. The van der Waals surface area contributed by atoms with Gasteiger partial charge in [0.1, 0.15) is 0 Å². The Labute approximate surface area is 110 Å². The molecule has 0 bridgehead atoms. The van der Waals surface area contributed by atoms with Crippen LogP contribution < -0.4 is 11.1 Å². The molecule has 0 atom stereocenters. The zero-order valence-corrected chi connectivity index (χ0v) is 11.2. The summed E-state index contributed by atoms with van der Waals surface area (Å²) in [5, 5.41) is 3.37. The minimum atomic E-state index is 0.271. The summed E-state index contributed by atoms with van der Waals surface area (Å²) < 4.78 is 0. The van der Waals surface area contributed by atoms with E-state index < -0.39 is 0 Å². The summed E-state index contributed by atoms with van der Waals surface area (Å²) >= 11 is 0. The molecule has 0 spiro atoms. The molecule has 18 heavy (non-hydrogen) atoms. The van der Waals surface area contributed by atoms with Crippen LogP contribution in [0, 0.1) is 23.7 Å². The minimum Gasteiger partial charge on any atom is -0.353 e. The third kappa shape index (κ3) is 2.87. The van der Waals surface area contributed by atoms with Crippen LogP contribution in [0.25, 0.3) is 0 Å². The molecule has 0 aromatic carbocycles. The summed E-state index contributed by atoms with van der Waals surface area (Å²) in [5.41, 5.74) is 5.70. The van der Waals surface area contributed by atoms with Crippen molar-refractivity contribution < 1.29 is 4.79 Å². The Bertz CT molecular complexity index is 290. The van der Waals surface area contributed by atoms with Crippen LogP contribution in [0.5, 0.6) is 0 Å². The number of nitrogens with one attached hydrogen (secondary N) is 1. The highest BCUT2D eigenvalue weighted by molar-refractivity contribution is 5.79. The van der Waals surface area contributed by atoms with Crippen molar-refractivity contribution in [1.29, 1.82) is 0 Å². The largest absolute Gasteiger partial charge is 0.353 e. The average Bonchev–Trinajstić information content (AvgIpc) is 3.29. The van der Waals surface area contributed by atoms with Crippen molar-refractivity contribution in [2.75, 3.05) is 6.54 Å². The van der Waals surface area contributed by atoms with Crippen LogP contribution >= 0.6 is 0 Å². The lowest BCUT2D eigenvalue weighted by Crippen LogP contribution is -2.42. The molecule has 0 radical (unpaired) electrons. The van der Waals surface area contributed by atoms with Crippen molar-refractivity contribution in [2.45, 2.75) is 57.4 Å². The summed E-state index contributed by atoms with van der Waals surface area (Å²) in [6.45, 7) is 0.793. The second-order valence-corrected chi connectivity index (χ2v) is 6.66. The Hall–Kier alpha value is -0.570. The lowest BCUT2D eigenvalue weighted by molar-refractivity contribution is -0.127. The van der Waals surface area contributed by atoms with E-state index in [4.69, 9.17) is 5.73 Å². The van der Waals surface area contributed by atoms with Crippen LogP contribution in [0.4, 0.5) is 0 Å². The molecule has 0 aromatic rings. The third-order valence-electron chi connectivity index (χ3n) is 5.12. The van der Waals surface area contributed by atoms with Gasteiger partial charge in [0.05, 0.1) is 0 Å². The smallest absolute Gasteiger partial charge is 0.223 e. The number of carbonyl (C=O) groups is 1. The molecule has 3 aliphatic carbocycles. The lowest BCUT2D eigenvalue weighted by atomic mass is 9.81. The van der Waals surface area contributed by atoms with E-state index in [1.54, 1.807) is 0 Å². The highest BCUT2D eigenvalue weighted by atomic mass is 16.1. The van der Waals surface area contributed by atoms with Gasteiger partial charge in [0, 0.05) is 12.0 Å². The molecule has 3 fully saturated rings. The number of nitrogens with two attached hydrogens (primary N) is 1. The van der Waals surface area contributed by atoms with Gasteiger partial charge in [0.15, 0.2) is 0 Å². The number of hydrogen-bond donors (Lipinski definition) is 2. The van der Waals surface area contributed by atoms with Gasteiger partial charge in [-0.2, -0.15) is 0 Å². The maximum absolute atomic E-state index is 12.3. The van der Waals surface area contributed by atoms with Crippen LogP contribution in [0.15, 0.2) is 0 Å². The Morgan fingerprint density at radius 1 is 1.00 bits per heavy atom. The van der Waals surface area contributed by atoms with E-state index in [9.17, 15) is 4.79 Å². The van der Waals surface area contributed by atoms with E-state index in [1.807, 2.05) is 0 Å². The summed E-state index contributed by atoms with van der Waals surface area (Å²) in [6.07, 6.45) is 9.73. The third-order valence-corrected chi connectivity index (χ3v) is 5.12. The van der Waals surface area contributed by atoms with Crippen molar-refractivity contribution in [1.82, 2.24) is 5.32 Å². The topological polar surface area (TPSA) is 55.1 Å². The van der Waals surface area contributed by atoms with Crippen LogP contribution in [0.3, 0.4) is 0 Å². The highest BCUT2D eigenvalue weighted by Crippen LogP contribution is 2.44. The lowest BCUT2D eigenvalue weighted by Gasteiger charge is -2.28. The van der Waals surface area contributed by atoms with Crippen LogP contribution in [0.2, 0.25) is 0 Å². The van der Waals surface area contributed by atoms with Gasteiger partial charge in [0.25, 0.3) is 0 Å². The van der Waals surface area contributed by atoms with Gasteiger partial charge < -0.3 is 11.1 Å². The highest BCUT2D eigenvalue weighted by Gasteiger charge is 2.42. The Morgan fingerprint density at radius 2 is 1.56 bits per heavy atom. The van der Waals surface area contributed by atoms with Crippen LogP contribution in [-0.4, -0.2) is 18.5 Å². The van der Waals surface area contributed by atoms with Crippen LogP contribution in [0.1, 0.15) is 51.4 Å². The molecule has 3 N–H and O–H groups in total. The molecule has 0 aliphatic heterocycles. The van der Waals surface area contributed by atoms with E-state index in [2.05, 4.69) is 5.32 Å². The summed E-state index contributed by atoms with van der Waals surface area (Å²) in [4.78, 5) is 12.3. The van der Waals surface area contributed by atoms with Gasteiger partial charge in [-0.1, -0.05) is 0 Å². The van der Waals surface area contributed by atoms with Gasteiger partial charge in [-0.05, 0) is 75.7 Å².